The van der Waals surface area contributed by atoms with E-state index in [1.807, 2.05) is 0 Å². The van der Waals surface area contributed by atoms with Crippen molar-refractivity contribution in [3.8, 4) is 0 Å². The summed E-state index contributed by atoms with van der Waals surface area (Å²) in [4.78, 5) is 13.8. The van der Waals surface area contributed by atoms with Gasteiger partial charge in [-0.25, -0.2) is 0 Å². The number of hydrogen-bond donors (Lipinski definition) is 0. The van der Waals surface area contributed by atoms with E-state index in [9.17, 15) is 4.79 Å². The van der Waals surface area contributed by atoms with Crippen LogP contribution in [0.3, 0.4) is 0 Å². The molecule has 1 heterocycles. The normalized spacial score (nSPS) is 35.9. The summed E-state index contributed by atoms with van der Waals surface area (Å²) in [7, 11) is 0. The number of nitrogens with zero attached hydrogens (tertiary/aromatic N) is 1. The van der Waals surface area contributed by atoms with Gasteiger partial charge in [-0.1, -0.05) is 6.92 Å². The average Bonchev–Trinajstić information content (AvgIpc) is 2.23. The number of carbonyl (C=O) groups excluding carboxylic acids is 1. The Hall–Kier alpha value is -0.410. The molecule has 1 saturated carbocycles. The van der Waals surface area contributed by atoms with Crippen LogP contribution < -0.4 is 0 Å². The van der Waals surface area contributed by atoms with Crippen molar-refractivity contribution >= 4 is 5.78 Å². The number of rotatable bonds is 1. The molecule has 0 aromatic carbocycles. The number of carbonyl (C=O) groups is 1. The highest BCUT2D eigenvalue weighted by Gasteiger charge is 2.31. The van der Waals surface area contributed by atoms with Crippen LogP contribution in [0.1, 0.15) is 26.2 Å². The molecule has 3 heteroatoms. The van der Waals surface area contributed by atoms with Gasteiger partial charge in [0.25, 0.3) is 0 Å². The van der Waals surface area contributed by atoms with Gasteiger partial charge < -0.3 is 4.74 Å². The average molecular weight is 197 g/mol. The number of hydrogen-bond acceptors (Lipinski definition) is 3. The van der Waals surface area contributed by atoms with E-state index in [0.29, 0.717) is 17.7 Å². The van der Waals surface area contributed by atoms with Gasteiger partial charge in [0.15, 0.2) is 0 Å². The van der Waals surface area contributed by atoms with Gasteiger partial charge in [-0.3, -0.25) is 9.69 Å². The van der Waals surface area contributed by atoms with E-state index in [-0.39, 0.29) is 0 Å². The van der Waals surface area contributed by atoms with Gasteiger partial charge in [-0.05, 0) is 12.3 Å². The van der Waals surface area contributed by atoms with Crippen LogP contribution in [0.4, 0.5) is 0 Å². The molecule has 0 aromatic rings. The standard InChI is InChI=1S/C11H19NO2/c1-9-2-3-10(13)8-11(9)12-4-6-14-7-5-12/h9,11H,2-8H2,1H3. The van der Waals surface area contributed by atoms with Gasteiger partial charge in [0.1, 0.15) is 5.78 Å². The van der Waals surface area contributed by atoms with Crippen molar-refractivity contribution in [2.45, 2.75) is 32.2 Å². The lowest BCUT2D eigenvalue weighted by atomic mass is 9.84. The van der Waals surface area contributed by atoms with Crippen molar-refractivity contribution in [3.05, 3.63) is 0 Å². The minimum atomic E-state index is 0.444. The first kappa shape index (κ1) is 10.1. The molecule has 0 aromatic heterocycles. The predicted octanol–water partition coefficient (Wildman–Crippen LogP) is 1.08. The van der Waals surface area contributed by atoms with Gasteiger partial charge in [-0.15, -0.1) is 0 Å². The zero-order chi connectivity index (χ0) is 9.97. The molecule has 1 aliphatic carbocycles. The van der Waals surface area contributed by atoms with Crippen molar-refractivity contribution < 1.29 is 9.53 Å². The summed E-state index contributed by atoms with van der Waals surface area (Å²) < 4.78 is 5.33. The zero-order valence-electron chi connectivity index (χ0n) is 8.87. The molecule has 2 atom stereocenters. The van der Waals surface area contributed by atoms with Crippen LogP contribution in [0.5, 0.6) is 0 Å². The molecule has 3 nitrogen and oxygen atoms in total. The van der Waals surface area contributed by atoms with Gasteiger partial charge in [-0.2, -0.15) is 0 Å². The van der Waals surface area contributed by atoms with Crippen molar-refractivity contribution in [1.82, 2.24) is 4.90 Å². The fraction of sp³-hybridized carbons (Fsp3) is 0.909. The number of ketones is 1. The molecule has 14 heavy (non-hydrogen) atoms. The van der Waals surface area contributed by atoms with Crippen molar-refractivity contribution in [3.63, 3.8) is 0 Å². The van der Waals surface area contributed by atoms with Gasteiger partial charge >= 0.3 is 0 Å². The monoisotopic (exact) mass is 197 g/mol. The van der Waals surface area contributed by atoms with E-state index in [1.165, 1.54) is 0 Å². The summed E-state index contributed by atoms with van der Waals surface area (Å²) in [6.07, 6.45) is 2.63. The Morgan fingerprint density at radius 1 is 1.36 bits per heavy atom. The van der Waals surface area contributed by atoms with E-state index in [4.69, 9.17) is 4.74 Å². The lowest BCUT2D eigenvalue weighted by Crippen LogP contribution is -2.48. The molecule has 0 radical (unpaired) electrons. The number of morpholine rings is 1. The Balaban J connectivity index is 1.95. The zero-order valence-corrected chi connectivity index (χ0v) is 8.87. The van der Waals surface area contributed by atoms with Crippen LogP contribution in [0, 0.1) is 5.92 Å². The third-order valence-electron chi connectivity index (χ3n) is 3.49. The molecule has 0 N–H and O–H groups in total. The van der Waals surface area contributed by atoms with Crippen molar-refractivity contribution in [2.75, 3.05) is 26.3 Å². The molecule has 0 bridgehead atoms. The maximum Gasteiger partial charge on any atom is 0.134 e. The van der Waals surface area contributed by atoms with Crippen molar-refractivity contribution in [2.24, 2.45) is 5.92 Å². The Morgan fingerprint density at radius 2 is 2.07 bits per heavy atom. The van der Waals surface area contributed by atoms with Crippen LogP contribution in [-0.4, -0.2) is 43.0 Å². The van der Waals surface area contributed by atoms with Crippen molar-refractivity contribution in [1.29, 1.82) is 0 Å². The molecule has 2 unspecified atom stereocenters. The molecule has 2 aliphatic rings. The molecule has 80 valence electrons. The second-order valence-corrected chi connectivity index (χ2v) is 4.47. The van der Waals surface area contributed by atoms with E-state index < -0.39 is 0 Å². The Bertz CT molecular complexity index is 211. The Kier molecular flexibility index (Phi) is 3.19. The minimum Gasteiger partial charge on any atom is -0.379 e. The van der Waals surface area contributed by atoms with Crippen LogP contribution in [0.2, 0.25) is 0 Å². The summed E-state index contributed by atoms with van der Waals surface area (Å²) in [5.41, 5.74) is 0. The minimum absolute atomic E-state index is 0.444. The fourth-order valence-electron chi connectivity index (χ4n) is 2.52. The molecule has 1 aliphatic heterocycles. The Morgan fingerprint density at radius 3 is 2.79 bits per heavy atom. The molecule has 0 spiro atoms. The molecule has 1 saturated heterocycles. The second-order valence-electron chi connectivity index (χ2n) is 4.47. The van der Waals surface area contributed by atoms with Crippen LogP contribution in [-0.2, 0) is 9.53 Å². The van der Waals surface area contributed by atoms with Gasteiger partial charge in [0.05, 0.1) is 13.2 Å². The first-order valence-electron chi connectivity index (χ1n) is 5.61. The third-order valence-corrected chi connectivity index (χ3v) is 3.49. The predicted molar refractivity (Wildman–Crippen MR) is 54.2 cm³/mol. The highest BCUT2D eigenvalue weighted by atomic mass is 16.5. The highest BCUT2D eigenvalue weighted by Crippen LogP contribution is 2.26. The van der Waals surface area contributed by atoms with Crippen LogP contribution in [0.25, 0.3) is 0 Å². The lowest BCUT2D eigenvalue weighted by molar-refractivity contribution is -0.124. The fourth-order valence-corrected chi connectivity index (χ4v) is 2.52. The van der Waals surface area contributed by atoms with Gasteiger partial charge in [0, 0.05) is 32.0 Å². The molecular weight excluding hydrogens is 178 g/mol. The molecule has 0 amide bonds. The molecular formula is C11H19NO2. The van der Waals surface area contributed by atoms with Crippen LogP contribution in [0.15, 0.2) is 0 Å². The summed E-state index contributed by atoms with van der Waals surface area (Å²) in [6, 6.07) is 0.486. The number of ether oxygens (including phenoxy) is 1. The highest BCUT2D eigenvalue weighted by molar-refractivity contribution is 5.79. The smallest absolute Gasteiger partial charge is 0.134 e. The van der Waals surface area contributed by atoms with E-state index in [1.54, 1.807) is 0 Å². The largest absolute Gasteiger partial charge is 0.379 e. The number of Topliss-reactive ketones (excluding diaryl/α,β-unsaturated/α-hetero) is 1. The van der Waals surface area contributed by atoms with Gasteiger partial charge in [0.2, 0.25) is 0 Å². The maximum absolute atomic E-state index is 11.4. The first-order chi connectivity index (χ1) is 6.77. The Labute approximate surface area is 85.4 Å². The summed E-state index contributed by atoms with van der Waals surface area (Å²) in [5.74, 6) is 1.12. The first-order valence-corrected chi connectivity index (χ1v) is 5.61. The van der Waals surface area contributed by atoms with E-state index in [0.717, 1.165) is 45.6 Å². The van der Waals surface area contributed by atoms with E-state index in [2.05, 4.69) is 11.8 Å². The summed E-state index contributed by atoms with van der Waals surface area (Å²) >= 11 is 0. The maximum atomic E-state index is 11.4. The molecule has 2 fully saturated rings. The SMILES string of the molecule is CC1CCC(=O)CC1N1CCOCC1. The molecule has 2 rings (SSSR count). The van der Waals surface area contributed by atoms with E-state index >= 15 is 0 Å². The third kappa shape index (κ3) is 2.15. The summed E-state index contributed by atoms with van der Waals surface area (Å²) in [6.45, 7) is 5.94. The lowest BCUT2D eigenvalue weighted by Gasteiger charge is -2.39. The topological polar surface area (TPSA) is 29.5 Å². The summed E-state index contributed by atoms with van der Waals surface area (Å²) in [5, 5.41) is 0. The second kappa shape index (κ2) is 4.41. The quantitative estimate of drug-likeness (QED) is 0.630. The van der Waals surface area contributed by atoms with Crippen LogP contribution >= 0.6 is 0 Å².